The van der Waals surface area contributed by atoms with Gasteiger partial charge in [-0.1, -0.05) is 11.6 Å². The minimum Gasteiger partial charge on any atom is -0.481 e. The van der Waals surface area contributed by atoms with Crippen LogP contribution in [0.4, 0.5) is 5.69 Å². The number of H-pyrrole nitrogens is 1. The first kappa shape index (κ1) is 14.5. The zero-order valence-corrected chi connectivity index (χ0v) is 10.5. The third-order valence-electron chi connectivity index (χ3n) is 2.03. The van der Waals surface area contributed by atoms with Crippen LogP contribution in [0.2, 0.25) is 5.02 Å². The average molecular weight is 276 g/mol. The summed E-state index contributed by atoms with van der Waals surface area (Å²) in [6.07, 6.45) is 1.36. The van der Waals surface area contributed by atoms with Gasteiger partial charge in [-0.05, 0) is 6.92 Å². The lowest BCUT2D eigenvalue weighted by molar-refractivity contribution is -0.138. The Morgan fingerprint density at radius 2 is 2.44 bits per heavy atom. The average Bonchev–Trinajstić information content (AvgIpc) is 2.30. The molecule has 0 aliphatic carbocycles. The van der Waals surface area contributed by atoms with E-state index in [-0.39, 0.29) is 24.1 Å². The Morgan fingerprint density at radius 1 is 1.72 bits per heavy atom. The number of aliphatic carboxylic acids is 1. The van der Waals surface area contributed by atoms with Crippen molar-refractivity contribution in [3.05, 3.63) is 21.6 Å². The normalized spacial score (nSPS) is 12.1. The summed E-state index contributed by atoms with van der Waals surface area (Å²) in [6, 6.07) is -0.125. The van der Waals surface area contributed by atoms with Gasteiger partial charge in [0.25, 0.3) is 5.56 Å². The molecule has 100 valence electrons. The summed E-state index contributed by atoms with van der Waals surface area (Å²) in [7, 11) is 0. The molecule has 1 rings (SSSR count). The molecule has 0 aliphatic heterocycles. The van der Waals surface area contributed by atoms with E-state index < -0.39 is 11.5 Å². The standard InChI is InChI=1S/C10H14ClN3O4/c1-6(5-18-3-2-8(15)16)13-7-4-12-14-10(17)9(7)11/h4,6H,2-3,5H2,1H3,(H,15,16)(H2,13,14,17)/t6-/m0/s1. The molecule has 0 saturated carbocycles. The predicted octanol–water partition coefficient (Wildman–Crippen LogP) is 0.715. The number of anilines is 1. The van der Waals surface area contributed by atoms with Gasteiger partial charge >= 0.3 is 5.97 Å². The van der Waals surface area contributed by atoms with Gasteiger partial charge in [-0.3, -0.25) is 9.59 Å². The number of nitrogens with one attached hydrogen (secondary N) is 2. The number of ether oxygens (including phenoxy) is 1. The van der Waals surface area contributed by atoms with Crippen LogP contribution in [0, 0.1) is 0 Å². The minimum atomic E-state index is -0.905. The number of aromatic amines is 1. The van der Waals surface area contributed by atoms with Crippen molar-refractivity contribution in [3.8, 4) is 0 Å². The van der Waals surface area contributed by atoms with Crippen LogP contribution in [0.15, 0.2) is 11.0 Å². The number of carboxylic acid groups (broad SMARTS) is 1. The summed E-state index contributed by atoms with van der Waals surface area (Å²) >= 11 is 5.78. The van der Waals surface area contributed by atoms with Gasteiger partial charge in [-0.2, -0.15) is 5.10 Å². The molecule has 8 heteroatoms. The number of carbonyl (C=O) groups is 1. The van der Waals surface area contributed by atoms with E-state index in [1.807, 2.05) is 6.92 Å². The zero-order valence-electron chi connectivity index (χ0n) is 9.77. The Hall–Kier alpha value is -1.60. The molecule has 18 heavy (non-hydrogen) atoms. The number of hydrogen-bond acceptors (Lipinski definition) is 5. The number of halogens is 1. The van der Waals surface area contributed by atoms with Gasteiger partial charge in [0.05, 0.1) is 31.5 Å². The summed E-state index contributed by atoms with van der Waals surface area (Å²) in [5.41, 5.74) is -0.0598. The Morgan fingerprint density at radius 3 is 3.11 bits per heavy atom. The lowest BCUT2D eigenvalue weighted by atomic mass is 10.3. The van der Waals surface area contributed by atoms with Crippen molar-refractivity contribution in [2.45, 2.75) is 19.4 Å². The van der Waals surface area contributed by atoms with Crippen molar-refractivity contribution in [3.63, 3.8) is 0 Å². The van der Waals surface area contributed by atoms with Gasteiger partial charge in [-0.25, -0.2) is 5.10 Å². The maximum atomic E-state index is 11.2. The van der Waals surface area contributed by atoms with Crippen molar-refractivity contribution in [1.82, 2.24) is 10.2 Å². The second kappa shape index (κ2) is 6.97. The third kappa shape index (κ3) is 4.72. The van der Waals surface area contributed by atoms with Gasteiger partial charge in [0.1, 0.15) is 5.02 Å². The second-order valence-electron chi connectivity index (χ2n) is 3.69. The Labute approximate surface area is 108 Å². The van der Waals surface area contributed by atoms with Crippen molar-refractivity contribution >= 4 is 23.3 Å². The molecule has 0 fully saturated rings. The molecule has 1 aromatic heterocycles. The van der Waals surface area contributed by atoms with Crippen LogP contribution in [0.3, 0.4) is 0 Å². The summed E-state index contributed by atoms with van der Waals surface area (Å²) in [5, 5.41) is 17.2. The monoisotopic (exact) mass is 275 g/mol. The molecular weight excluding hydrogens is 262 g/mol. The highest BCUT2D eigenvalue weighted by Gasteiger charge is 2.08. The van der Waals surface area contributed by atoms with Crippen LogP contribution >= 0.6 is 11.6 Å². The maximum Gasteiger partial charge on any atom is 0.305 e. The first-order chi connectivity index (χ1) is 8.50. The van der Waals surface area contributed by atoms with Crippen molar-refractivity contribution in [1.29, 1.82) is 0 Å². The van der Waals surface area contributed by atoms with Crippen LogP contribution in [-0.2, 0) is 9.53 Å². The predicted molar refractivity (Wildman–Crippen MR) is 66.0 cm³/mol. The molecular formula is C10H14ClN3O4. The Balaban J connectivity index is 2.40. The second-order valence-corrected chi connectivity index (χ2v) is 4.07. The number of nitrogens with zero attached hydrogens (tertiary/aromatic N) is 1. The smallest absolute Gasteiger partial charge is 0.305 e. The number of carboxylic acids is 1. The highest BCUT2D eigenvalue weighted by molar-refractivity contribution is 6.32. The van der Waals surface area contributed by atoms with E-state index in [0.29, 0.717) is 12.3 Å². The van der Waals surface area contributed by atoms with E-state index in [4.69, 9.17) is 21.4 Å². The molecule has 0 radical (unpaired) electrons. The Kier molecular flexibility index (Phi) is 5.60. The van der Waals surface area contributed by atoms with Crippen molar-refractivity contribution in [2.24, 2.45) is 0 Å². The first-order valence-corrected chi connectivity index (χ1v) is 5.67. The quantitative estimate of drug-likeness (QED) is 0.633. The Bertz CT molecular complexity index is 463. The van der Waals surface area contributed by atoms with Crippen LogP contribution in [0.25, 0.3) is 0 Å². The fourth-order valence-electron chi connectivity index (χ4n) is 1.21. The van der Waals surface area contributed by atoms with Gasteiger partial charge in [-0.15, -0.1) is 0 Å². The number of aromatic nitrogens is 2. The fourth-order valence-corrected chi connectivity index (χ4v) is 1.36. The summed E-state index contributed by atoms with van der Waals surface area (Å²) in [5.74, 6) is -0.905. The molecule has 1 aromatic rings. The number of hydrogen-bond donors (Lipinski definition) is 3. The summed E-state index contributed by atoms with van der Waals surface area (Å²) in [6.45, 7) is 2.26. The first-order valence-electron chi connectivity index (χ1n) is 5.30. The topological polar surface area (TPSA) is 104 Å². The molecule has 1 atom stereocenters. The fraction of sp³-hybridized carbons (Fsp3) is 0.500. The van der Waals surface area contributed by atoms with Crippen LogP contribution in [0.1, 0.15) is 13.3 Å². The highest BCUT2D eigenvalue weighted by atomic mass is 35.5. The van der Waals surface area contributed by atoms with E-state index in [2.05, 4.69) is 15.5 Å². The van der Waals surface area contributed by atoms with Crippen LogP contribution in [-0.4, -0.2) is 40.5 Å². The van der Waals surface area contributed by atoms with E-state index in [0.717, 1.165) is 0 Å². The molecule has 0 spiro atoms. The van der Waals surface area contributed by atoms with Gasteiger partial charge in [0.2, 0.25) is 0 Å². The highest BCUT2D eigenvalue weighted by Crippen LogP contribution is 2.15. The molecule has 0 aliphatic rings. The van der Waals surface area contributed by atoms with E-state index >= 15 is 0 Å². The SMILES string of the molecule is C[C@@H](COCCC(=O)O)Nc1cn[nH]c(=O)c1Cl. The summed E-state index contributed by atoms with van der Waals surface area (Å²) < 4.78 is 5.16. The molecule has 0 amide bonds. The van der Waals surface area contributed by atoms with E-state index in [1.165, 1.54) is 6.20 Å². The van der Waals surface area contributed by atoms with E-state index in [9.17, 15) is 9.59 Å². The molecule has 7 nitrogen and oxygen atoms in total. The van der Waals surface area contributed by atoms with Gasteiger partial charge in [0, 0.05) is 6.04 Å². The molecule has 1 heterocycles. The van der Waals surface area contributed by atoms with Crippen LogP contribution < -0.4 is 10.9 Å². The molecule has 3 N–H and O–H groups in total. The maximum absolute atomic E-state index is 11.2. The van der Waals surface area contributed by atoms with Crippen LogP contribution in [0.5, 0.6) is 0 Å². The van der Waals surface area contributed by atoms with Gasteiger partial charge in [0.15, 0.2) is 0 Å². The molecule has 0 aromatic carbocycles. The largest absolute Gasteiger partial charge is 0.481 e. The molecule has 0 saturated heterocycles. The molecule has 0 unspecified atom stereocenters. The lowest BCUT2D eigenvalue weighted by Gasteiger charge is -2.15. The minimum absolute atomic E-state index is 0.0300. The number of rotatable bonds is 7. The zero-order chi connectivity index (χ0) is 13.5. The van der Waals surface area contributed by atoms with Crippen molar-refractivity contribution < 1.29 is 14.6 Å². The molecule has 0 bridgehead atoms. The lowest BCUT2D eigenvalue weighted by Crippen LogP contribution is -2.24. The van der Waals surface area contributed by atoms with Gasteiger partial charge < -0.3 is 15.2 Å². The third-order valence-corrected chi connectivity index (χ3v) is 2.40. The van der Waals surface area contributed by atoms with E-state index in [1.54, 1.807) is 0 Å². The van der Waals surface area contributed by atoms with Crippen molar-refractivity contribution in [2.75, 3.05) is 18.5 Å². The summed E-state index contributed by atoms with van der Waals surface area (Å²) in [4.78, 5) is 21.4.